The van der Waals surface area contributed by atoms with Crippen LogP contribution in [0.25, 0.3) is 0 Å². The quantitative estimate of drug-likeness (QED) is 0.725. The molecule has 7 heteroatoms. The van der Waals surface area contributed by atoms with E-state index in [2.05, 4.69) is 35.4 Å². The summed E-state index contributed by atoms with van der Waals surface area (Å²) in [4.78, 5) is 22.6. The molecule has 7 nitrogen and oxygen atoms in total. The summed E-state index contributed by atoms with van der Waals surface area (Å²) < 4.78 is 6.04. The summed E-state index contributed by atoms with van der Waals surface area (Å²) >= 11 is 0. The Labute approximate surface area is 134 Å². The molecule has 0 saturated heterocycles. The number of hydrogen-bond donors (Lipinski definition) is 3. The van der Waals surface area contributed by atoms with E-state index in [1.165, 1.54) is 18.4 Å². The van der Waals surface area contributed by atoms with Crippen LogP contribution in [-0.2, 0) is 9.59 Å². The van der Waals surface area contributed by atoms with Crippen molar-refractivity contribution < 1.29 is 24.5 Å². The number of para-hydroxylation sites is 1. The van der Waals surface area contributed by atoms with Crippen LogP contribution in [0.3, 0.4) is 0 Å². The minimum Gasteiger partial charge on any atom is -0.483 e. The predicted molar refractivity (Wildman–Crippen MR) is 84.1 cm³/mol. The molecule has 0 spiro atoms. The lowest BCUT2D eigenvalue weighted by atomic mass is 10.1. The Morgan fingerprint density at radius 2 is 1.91 bits per heavy atom. The summed E-state index contributed by atoms with van der Waals surface area (Å²) in [6.07, 6.45) is 2.62. The summed E-state index contributed by atoms with van der Waals surface area (Å²) in [5, 5.41) is 18.0. The molecule has 1 aromatic carbocycles. The monoisotopic (exact) mass is 320 g/mol. The molecule has 1 aliphatic carbocycles. The van der Waals surface area contributed by atoms with E-state index < -0.39 is 11.9 Å². The average molecular weight is 320 g/mol. The Hall–Kier alpha value is -2.57. The van der Waals surface area contributed by atoms with Gasteiger partial charge < -0.3 is 20.3 Å². The van der Waals surface area contributed by atoms with Gasteiger partial charge in [-0.1, -0.05) is 18.2 Å². The van der Waals surface area contributed by atoms with Gasteiger partial charge in [-0.2, -0.15) is 0 Å². The van der Waals surface area contributed by atoms with Gasteiger partial charge in [-0.3, -0.25) is 4.99 Å². The van der Waals surface area contributed by atoms with Crippen LogP contribution in [0.4, 0.5) is 0 Å². The fraction of sp³-hybridized carbons (Fsp3) is 0.438. The zero-order chi connectivity index (χ0) is 16.8. The molecule has 0 bridgehead atoms. The van der Waals surface area contributed by atoms with E-state index in [-0.39, 0.29) is 6.10 Å². The van der Waals surface area contributed by atoms with Gasteiger partial charge in [0.1, 0.15) is 11.6 Å². The number of hydrogen-bond acceptors (Lipinski definition) is 5. The lowest BCUT2D eigenvalue weighted by Gasteiger charge is -2.17. The molecule has 1 fully saturated rings. The molecule has 2 aliphatic rings. The number of rotatable bonds is 4. The number of benzene rings is 1. The molecule has 1 aliphatic heterocycles. The maximum Gasteiger partial charge on any atom is 0.414 e. The zero-order valence-corrected chi connectivity index (χ0v) is 12.9. The van der Waals surface area contributed by atoms with E-state index in [9.17, 15) is 0 Å². The number of aliphatic imine (C=N–C) groups is 1. The van der Waals surface area contributed by atoms with Crippen molar-refractivity contribution in [2.45, 2.75) is 31.8 Å². The highest BCUT2D eigenvalue weighted by atomic mass is 16.5. The summed E-state index contributed by atoms with van der Waals surface area (Å²) in [5.74, 6) is -0.920. The summed E-state index contributed by atoms with van der Waals surface area (Å²) in [5.41, 5.74) is 1.36. The van der Waals surface area contributed by atoms with Crippen LogP contribution >= 0.6 is 0 Å². The van der Waals surface area contributed by atoms with Crippen LogP contribution in [0.2, 0.25) is 0 Å². The van der Waals surface area contributed by atoms with E-state index in [0.29, 0.717) is 0 Å². The Morgan fingerprint density at radius 3 is 2.43 bits per heavy atom. The first-order chi connectivity index (χ1) is 11.0. The third-order valence-electron chi connectivity index (χ3n) is 3.51. The first kappa shape index (κ1) is 16.8. The highest BCUT2D eigenvalue weighted by molar-refractivity contribution is 6.27. The van der Waals surface area contributed by atoms with Gasteiger partial charge in [0, 0.05) is 6.54 Å². The molecule has 3 rings (SSSR count). The second-order valence-corrected chi connectivity index (χ2v) is 5.38. The van der Waals surface area contributed by atoms with E-state index in [1.54, 1.807) is 0 Å². The Morgan fingerprint density at radius 1 is 1.26 bits per heavy atom. The lowest BCUT2D eigenvalue weighted by molar-refractivity contribution is -0.159. The summed E-state index contributed by atoms with van der Waals surface area (Å²) in [6, 6.07) is 8.39. The third kappa shape index (κ3) is 4.98. The van der Waals surface area contributed by atoms with Crippen molar-refractivity contribution in [3.8, 4) is 5.75 Å². The van der Waals surface area contributed by atoms with Crippen LogP contribution in [0.15, 0.2) is 29.3 Å². The Bertz CT molecular complexity index is 598. The number of ether oxygens (including phenoxy) is 1. The number of carboxylic acids is 2. The third-order valence-corrected chi connectivity index (χ3v) is 3.51. The zero-order valence-electron chi connectivity index (χ0n) is 12.9. The van der Waals surface area contributed by atoms with Crippen LogP contribution in [0.5, 0.6) is 5.75 Å². The normalized spacial score (nSPS) is 17.2. The number of nitrogens with one attached hydrogen (secondary N) is 1. The molecule has 124 valence electrons. The van der Waals surface area contributed by atoms with E-state index in [1.807, 2.05) is 6.07 Å². The fourth-order valence-electron chi connectivity index (χ4n) is 2.25. The number of carboxylic acid groups (broad SMARTS) is 2. The van der Waals surface area contributed by atoms with Gasteiger partial charge in [0.15, 0.2) is 6.10 Å². The first-order valence-electron chi connectivity index (χ1n) is 7.49. The highest BCUT2D eigenvalue weighted by Crippen LogP contribution is 2.44. The van der Waals surface area contributed by atoms with Crippen LogP contribution < -0.4 is 10.1 Å². The van der Waals surface area contributed by atoms with Crippen molar-refractivity contribution >= 4 is 17.8 Å². The molecule has 0 radical (unpaired) electrons. The molecule has 0 amide bonds. The molecule has 3 N–H and O–H groups in total. The number of aliphatic carboxylic acids is 2. The van der Waals surface area contributed by atoms with E-state index in [0.717, 1.165) is 30.6 Å². The van der Waals surface area contributed by atoms with E-state index >= 15 is 0 Å². The predicted octanol–water partition coefficient (Wildman–Crippen LogP) is 1.49. The average Bonchev–Trinajstić information content (AvgIpc) is 3.22. The maximum atomic E-state index is 9.10. The molecule has 1 heterocycles. The van der Waals surface area contributed by atoms with Gasteiger partial charge in [0.2, 0.25) is 0 Å². The van der Waals surface area contributed by atoms with Gasteiger partial charge in [-0.05, 0) is 37.3 Å². The minimum atomic E-state index is -1.82. The molecule has 1 unspecified atom stereocenters. The van der Waals surface area contributed by atoms with Crippen molar-refractivity contribution in [1.29, 1.82) is 0 Å². The van der Waals surface area contributed by atoms with Crippen molar-refractivity contribution in [2.75, 3.05) is 13.1 Å². The lowest BCUT2D eigenvalue weighted by Crippen LogP contribution is -2.33. The molecule has 0 aromatic heterocycles. The SMILES string of the molecule is CC(Oc1ccccc1C1CC1)C1=NCCN1.O=C(O)C(=O)O. The van der Waals surface area contributed by atoms with Crippen molar-refractivity contribution in [1.82, 2.24) is 5.32 Å². The largest absolute Gasteiger partial charge is 0.483 e. The number of nitrogens with zero attached hydrogens (tertiary/aromatic N) is 1. The highest BCUT2D eigenvalue weighted by Gasteiger charge is 2.27. The first-order valence-corrected chi connectivity index (χ1v) is 7.49. The van der Waals surface area contributed by atoms with Crippen LogP contribution in [-0.4, -0.2) is 47.2 Å². The molecule has 23 heavy (non-hydrogen) atoms. The summed E-state index contributed by atoms with van der Waals surface area (Å²) in [7, 11) is 0. The number of amidine groups is 1. The molecule has 1 atom stereocenters. The maximum absolute atomic E-state index is 9.10. The van der Waals surface area contributed by atoms with Crippen molar-refractivity contribution in [3.63, 3.8) is 0 Å². The second-order valence-electron chi connectivity index (χ2n) is 5.38. The minimum absolute atomic E-state index is 0.0254. The van der Waals surface area contributed by atoms with Crippen LogP contribution in [0.1, 0.15) is 31.2 Å². The van der Waals surface area contributed by atoms with Gasteiger partial charge in [0.25, 0.3) is 0 Å². The van der Waals surface area contributed by atoms with Gasteiger partial charge in [0.05, 0.1) is 6.54 Å². The molecular formula is C16H20N2O5. The standard InChI is InChI=1S/C14H18N2O.C2H2O4/c1-10(14-15-8-9-16-14)17-13-5-3-2-4-12(13)11-6-7-11;3-1(4)2(5)6/h2-5,10-11H,6-9H2,1H3,(H,15,16);(H,3,4)(H,5,6). The van der Waals surface area contributed by atoms with Gasteiger partial charge in [-0.15, -0.1) is 0 Å². The Balaban J connectivity index is 0.000000277. The molecular weight excluding hydrogens is 300 g/mol. The number of carbonyl (C=O) groups is 2. The van der Waals surface area contributed by atoms with Crippen molar-refractivity contribution in [2.24, 2.45) is 4.99 Å². The van der Waals surface area contributed by atoms with Crippen molar-refractivity contribution in [3.05, 3.63) is 29.8 Å². The van der Waals surface area contributed by atoms with Gasteiger partial charge >= 0.3 is 11.9 Å². The van der Waals surface area contributed by atoms with Crippen LogP contribution in [0, 0.1) is 0 Å². The van der Waals surface area contributed by atoms with E-state index in [4.69, 9.17) is 24.5 Å². The molecule has 1 aromatic rings. The summed E-state index contributed by atoms with van der Waals surface area (Å²) in [6.45, 7) is 3.86. The second kappa shape index (κ2) is 7.62. The fourth-order valence-corrected chi connectivity index (χ4v) is 2.25. The Kier molecular flexibility index (Phi) is 5.56. The topological polar surface area (TPSA) is 108 Å². The van der Waals surface area contributed by atoms with Gasteiger partial charge in [-0.25, -0.2) is 9.59 Å². The molecule has 1 saturated carbocycles. The smallest absolute Gasteiger partial charge is 0.414 e.